The third-order valence-corrected chi connectivity index (χ3v) is 6.33. The lowest BCUT2D eigenvalue weighted by Gasteiger charge is -2.02. The number of anilines is 5. The lowest BCUT2D eigenvalue weighted by molar-refractivity contribution is 0.823. The minimum absolute atomic E-state index is 0. The largest absolute Gasteiger partial charge is 0.412 e. The quantitative estimate of drug-likeness (QED) is 0.154. The van der Waals surface area contributed by atoms with Gasteiger partial charge in [-0.25, -0.2) is 0 Å². The predicted octanol–water partition coefficient (Wildman–Crippen LogP) is 6.32. The summed E-state index contributed by atoms with van der Waals surface area (Å²) in [6.07, 6.45) is 0. The Morgan fingerprint density at radius 2 is 0.372 bits per heavy atom. The van der Waals surface area contributed by atoms with Crippen LogP contribution in [0.1, 0.15) is 0 Å². The van der Waals surface area contributed by atoms with Crippen molar-refractivity contribution in [3.8, 4) is 33.4 Å². The van der Waals surface area contributed by atoms with Crippen molar-refractivity contribution in [2.45, 2.75) is 0 Å². The molecule has 43 heavy (non-hydrogen) atoms. The maximum absolute atomic E-state index is 5.61. The Morgan fingerprint density at radius 1 is 0.209 bits per heavy atom. The van der Waals surface area contributed by atoms with E-state index in [1.165, 1.54) is 11.1 Å². The van der Waals surface area contributed by atoms with E-state index in [0.29, 0.717) is 0 Å². The van der Waals surface area contributed by atoms with Gasteiger partial charge in [-0.1, -0.05) is 91.0 Å². The summed E-state index contributed by atoms with van der Waals surface area (Å²) in [6.45, 7) is 0. The molecular formula is C36H39N5O2. The molecule has 6 aromatic carbocycles. The van der Waals surface area contributed by atoms with Crippen LogP contribution in [0, 0.1) is 0 Å². The predicted molar refractivity (Wildman–Crippen MR) is 185 cm³/mol. The first kappa shape index (κ1) is 33.4. The van der Waals surface area contributed by atoms with E-state index in [2.05, 4.69) is 12.1 Å². The van der Waals surface area contributed by atoms with Gasteiger partial charge in [0.25, 0.3) is 0 Å². The van der Waals surface area contributed by atoms with Gasteiger partial charge < -0.3 is 39.6 Å². The molecule has 0 aliphatic rings. The van der Waals surface area contributed by atoms with E-state index in [1.54, 1.807) is 0 Å². The molecule has 0 saturated carbocycles. The average molecular weight is 574 g/mol. The molecule has 0 aliphatic heterocycles. The van der Waals surface area contributed by atoms with E-state index in [4.69, 9.17) is 28.7 Å². The molecule has 7 nitrogen and oxygen atoms in total. The Bertz CT molecular complexity index is 1450. The summed E-state index contributed by atoms with van der Waals surface area (Å²) in [4.78, 5) is 0. The van der Waals surface area contributed by atoms with Crippen LogP contribution in [-0.2, 0) is 0 Å². The highest BCUT2D eigenvalue weighted by Crippen LogP contribution is 2.23. The number of nitrogen functional groups attached to an aromatic ring is 5. The van der Waals surface area contributed by atoms with Crippen LogP contribution in [0.4, 0.5) is 28.4 Å². The van der Waals surface area contributed by atoms with Crippen LogP contribution in [0.3, 0.4) is 0 Å². The van der Waals surface area contributed by atoms with Gasteiger partial charge in [-0.3, -0.25) is 0 Å². The molecule has 0 bridgehead atoms. The second-order valence-electron chi connectivity index (χ2n) is 9.48. The van der Waals surface area contributed by atoms with E-state index in [9.17, 15) is 0 Å². The van der Waals surface area contributed by atoms with E-state index in [1.807, 2.05) is 140 Å². The maximum atomic E-state index is 5.61. The second-order valence-corrected chi connectivity index (χ2v) is 9.48. The summed E-state index contributed by atoms with van der Waals surface area (Å²) in [6, 6.07) is 49.3. The van der Waals surface area contributed by atoms with Crippen molar-refractivity contribution < 1.29 is 11.0 Å². The molecule has 0 radical (unpaired) electrons. The molecule has 0 aromatic heterocycles. The molecule has 0 heterocycles. The Balaban J connectivity index is 0.000000220. The van der Waals surface area contributed by atoms with Crippen molar-refractivity contribution in [3.63, 3.8) is 0 Å². The molecule has 0 unspecified atom stereocenters. The normalized spacial score (nSPS) is 9.49. The topological polar surface area (TPSA) is 193 Å². The SMILES string of the molecule is Nc1ccc(-c2ccc(N)cc2)cc1.Nc1ccc(-c2ccc(N)cc2)cc1.Nc1ccc(-c2ccccc2)cc1.O.O. The van der Waals surface area contributed by atoms with Gasteiger partial charge in [0.15, 0.2) is 0 Å². The summed E-state index contributed by atoms with van der Waals surface area (Å²) in [5.74, 6) is 0. The number of rotatable bonds is 3. The van der Waals surface area contributed by atoms with Gasteiger partial charge in [0.2, 0.25) is 0 Å². The Labute approximate surface area is 252 Å². The molecule has 7 heteroatoms. The van der Waals surface area contributed by atoms with Crippen molar-refractivity contribution in [2.75, 3.05) is 28.7 Å². The fourth-order valence-electron chi connectivity index (χ4n) is 4.01. The van der Waals surface area contributed by atoms with Crippen LogP contribution < -0.4 is 28.7 Å². The molecule has 0 saturated heterocycles. The van der Waals surface area contributed by atoms with Crippen LogP contribution in [0.25, 0.3) is 33.4 Å². The van der Waals surface area contributed by atoms with Crippen LogP contribution in [0.5, 0.6) is 0 Å². The van der Waals surface area contributed by atoms with Gasteiger partial charge in [0, 0.05) is 28.4 Å². The van der Waals surface area contributed by atoms with Crippen LogP contribution >= 0.6 is 0 Å². The van der Waals surface area contributed by atoms with Crippen molar-refractivity contribution in [1.82, 2.24) is 0 Å². The minimum atomic E-state index is 0. The molecule has 0 spiro atoms. The number of benzene rings is 6. The van der Waals surface area contributed by atoms with Gasteiger partial charge >= 0.3 is 0 Å². The fraction of sp³-hybridized carbons (Fsp3) is 0. The minimum Gasteiger partial charge on any atom is -0.412 e. The molecule has 0 atom stereocenters. The highest BCUT2D eigenvalue weighted by molar-refractivity contribution is 5.68. The van der Waals surface area contributed by atoms with E-state index < -0.39 is 0 Å². The van der Waals surface area contributed by atoms with Gasteiger partial charge in [-0.2, -0.15) is 0 Å². The molecule has 0 aliphatic carbocycles. The molecule has 0 fully saturated rings. The number of nitrogens with two attached hydrogens (primary N) is 5. The fourth-order valence-corrected chi connectivity index (χ4v) is 4.01. The average Bonchev–Trinajstić information content (AvgIpc) is 3.00. The van der Waals surface area contributed by atoms with Crippen molar-refractivity contribution in [3.05, 3.63) is 152 Å². The summed E-state index contributed by atoms with van der Waals surface area (Å²) < 4.78 is 0. The summed E-state index contributed by atoms with van der Waals surface area (Å²) in [5.41, 5.74) is 39.0. The smallest absolute Gasteiger partial charge is 0.0314 e. The van der Waals surface area contributed by atoms with E-state index >= 15 is 0 Å². The highest BCUT2D eigenvalue weighted by Gasteiger charge is 1.97. The summed E-state index contributed by atoms with van der Waals surface area (Å²) in [5, 5.41) is 0. The van der Waals surface area contributed by atoms with Crippen LogP contribution in [-0.4, -0.2) is 11.0 Å². The first-order valence-corrected chi connectivity index (χ1v) is 13.2. The number of hydrogen-bond donors (Lipinski definition) is 5. The van der Waals surface area contributed by atoms with Gasteiger partial charge in [0.05, 0.1) is 0 Å². The molecule has 6 rings (SSSR count). The highest BCUT2D eigenvalue weighted by atomic mass is 16.0. The third-order valence-electron chi connectivity index (χ3n) is 6.33. The van der Waals surface area contributed by atoms with E-state index in [0.717, 1.165) is 50.7 Å². The van der Waals surface area contributed by atoms with Gasteiger partial charge in [-0.15, -0.1) is 0 Å². The molecule has 14 N–H and O–H groups in total. The van der Waals surface area contributed by atoms with Crippen molar-refractivity contribution in [1.29, 1.82) is 0 Å². The molecule has 0 amide bonds. The van der Waals surface area contributed by atoms with Crippen molar-refractivity contribution in [2.24, 2.45) is 0 Å². The van der Waals surface area contributed by atoms with Crippen molar-refractivity contribution >= 4 is 28.4 Å². The summed E-state index contributed by atoms with van der Waals surface area (Å²) >= 11 is 0. The van der Waals surface area contributed by atoms with Gasteiger partial charge in [-0.05, 0) is 94.0 Å². The van der Waals surface area contributed by atoms with Crippen LogP contribution in [0.15, 0.2) is 152 Å². The molecular weight excluding hydrogens is 534 g/mol. The second kappa shape index (κ2) is 16.5. The standard InChI is InChI=1S/2C12H12N2.C12H11N.2H2O/c2*13-11-5-1-9(2-6-11)10-3-7-12(14)8-4-10;13-12-8-6-11(7-9-12)10-4-2-1-3-5-10;;/h2*1-8H,13-14H2;1-9H,13H2;2*1H2. The Kier molecular flexibility index (Phi) is 12.8. The monoisotopic (exact) mass is 573 g/mol. The number of hydrogen-bond acceptors (Lipinski definition) is 5. The lowest BCUT2D eigenvalue weighted by Crippen LogP contribution is -1.85. The van der Waals surface area contributed by atoms with E-state index in [-0.39, 0.29) is 11.0 Å². The zero-order valence-corrected chi connectivity index (χ0v) is 23.8. The summed E-state index contributed by atoms with van der Waals surface area (Å²) in [7, 11) is 0. The first-order chi connectivity index (χ1) is 19.9. The maximum Gasteiger partial charge on any atom is 0.0314 e. The Hall–Kier alpha value is -5.76. The zero-order chi connectivity index (χ0) is 29.0. The Morgan fingerprint density at radius 3 is 0.558 bits per heavy atom. The third kappa shape index (κ3) is 10.3. The first-order valence-electron chi connectivity index (χ1n) is 13.2. The molecule has 220 valence electrons. The molecule has 6 aromatic rings. The lowest BCUT2D eigenvalue weighted by atomic mass is 10.1. The zero-order valence-electron chi connectivity index (χ0n) is 23.8. The van der Waals surface area contributed by atoms with Crippen LogP contribution in [0.2, 0.25) is 0 Å². The van der Waals surface area contributed by atoms with Gasteiger partial charge in [0.1, 0.15) is 0 Å².